The molecule has 0 aromatic heterocycles. The van der Waals surface area contributed by atoms with Crippen LogP contribution in [0.5, 0.6) is 0 Å². The third-order valence-electron chi connectivity index (χ3n) is 17.6. The molecule has 0 aliphatic rings. The molecule has 0 spiro atoms. The van der Waals surface area contributed by atoms with Gasteiger partial charge in [-0.15, -0.1) is 0 Å². The highest BCUT2D eigenvalue weighted by Gasteiger charge is 2.30. The number of aliphatic hydroxyl groups excluding tert-OH is 1. The first kappa shape index (κ1) is 93.1. The molecule has 19 heteroatoms. The summed E-state index contributed by atoms with van der Waals surface area (Å²) in [7, 11) is -9.91. The molecule has 0 amide bonds. The van der Waals surface area contributed by atoms with E-state index in [0.29, 0.717) is 25.7 Å². The van der Waals surface area contributed by atoms with Crippen LogP contribution in [0.2, 0.25) is 0 Å². The highest BCUT2D eigenvalue weighted by molar-refractivity contribution is 7.47. The lowest BCUT2D eigenvalue weighted by atomic mass is 10.0. The maximum atomic E-state index is 13.1. The predicted octanol–water partition coefficient (Wildman–Crippen LogP) is 22.2. The lowest BCUT2D eigenvalue weighted by molar-refractivity contribution is -0.161. The third-order valence-corrected chi connectivity index (χ3v) is 19.5. The van der Waals surface area contributed by atoms with Crippen molar-refractivity contribution in [3.8, 4) is 0 Å². The van der Waals surface area contributed by atoms with Gasteiger partial charge in [0.25, 0.3) is 0 Å². The zero-order chi connectivity index (χ0) is 70.1. The number of ether oxygens (including phenoxy) is 4. The molecule has 0 aromatic rings. The summed E-state index contributed by atoms with van der Waals surface area (Å²) in [6, 6.07) is 0. The average molecular weight is 1400 g/mol. The number of carbonyl (C=O) groups excluding carboxylic acids is 4. The van der Waals surface area contributed by atoms with E-state index < -0.39 is 97.5 Å². The minimum absolute atomic E-state index is 0.105. The normalized spacial score (nSPS) is 14.1. The Balaban J connectivity index is 5.24. The molecule has 0 bridgehead atoms. The van der Waals surface area contributed by atoms with Crippen LogP contribution in [0, 0.1) is 17.8 Å². The molecule has 17 nitrogen and oxygen atoms in total. The molecular weight excluding hydrogens is 1250 g/mol. The molecule has 3 N–H and O–H groups in total. The van der Waals surface area contributed by atoms with E-state index in [2.05, 4.69) is 48.5 Å². The average Bonchev–Trinajstić information content (AvgIpc) is 1.72. The number of esters is 4. The monoisotopic (exact) mass is 1400 g/mol. The summed E-state index contributed by atoms with van der Waals surface area (Å²) in [6.07, 6.45) is 52.8. The summed E-state index contributed by atoms with van der Waals surface area (Å²) in [5.74, 6) is 0.102. The Labute approximate surface area is 581 Å². The molecule has 564 valence electrons. The number of phosphoric acid groups is 2. The van der Waals surface area contributed by atoms with Crippen LogP contribution in [0.1, 0.15) is 389 Å². The summed E-state index contributed by atoms with van der Waals surface area (Å²) < 4.78 is 68.5. The van der Waals surface area contributed by atoms with E-state index in [9.17, 15) is 43.2 Å². The van der Waals surface area contributed by atoms with E-state index in [4.69, 9.17) is 37.0 Å². The molecular formula is C76H148O17P2. The van der Waals surface area contributed by atoms with Gasteiger partial charge in [0.05, 0.1) is 26.4 Å². The first-order valence-corrected chi connectivity index (χ1v) is 42.3. The molecule has 0 rings (SSSR count). The van der Waals surface area contributed by atoms with Gasteiger partial charge in [-0.3, -0.25) is 37.3 Å². The molecule has 95 heavy (non-hydrogen) atoms. The number of aliphatic hydroxyl groups is 1. The lowest BCUT2D eigenvalue weighted by Gasteiger charge is -2.21. The number of hydrogen-bond acceptors (Lipinski definition) is 15. The second-order valence-corrected chi connectivity index (χ2v) is 31.7. The van der Waals surface area contributed by atoms with Crippen LogP contribution in [0.3, 0.4) is 0 Å². The summed E-state index contributed by atoms with van der Waals surface area (Å²) in [4.78, 5) is 72.8. The Morgan fingerprint density at radius 1 is 0.284 bits per heavy atom. The quantitative estimate of drug-likeness (QED) is 0.0222. The molecule has 0 aliphatic carbocycles. The number of hydrogen-bond donors (Lipinski definition) is 3. The van der Waals surface area contributed by atoms with Crippen LogP contribution in [0.4, 0.5) is 0 Å². The zero-order valence-corrected chi connectivity index (χ0v) is 63.9. The van der Waals surface area contributed by atoms with Crippen molar-refractivity contribution in [1.29, 1.82) is 0 Å². The molecule has 0 saturated heterocycles. The van der Waals surface area contributed by atoms with Crippen LogP contribution in [0.25, 0.3) is 0 Å². The molecule has 0 aromatic carbocycles. The van der Waals surface area contributed by atoms with Crippen LogP contribution >= 0.6 is 15.6 Å². The largest absolute Gasteiger partial charge is 0.472 e. The van der Waals surface area contributed by atoms with E-state index in [1.54, 1.807) is 0 Å². The topological polar surface area (TPSA) is 237 Å². The molecule has 5 atom stereocenters. The third kappa shape index (κ3) is 70.3. The lowest BCUT2D eigenvalue weighted by Crippen LogP contribution is -2.30. The Bertz CT molecular complexity index is 1850. The molecule has 2 unspecified atom stereocenters. The Morgan fingerprint density at radius 2 is 0.484 bits per heavy atom. The van der Waals surface area contributed by atoms with E-state index >= 15 is 0 Å². The fourth-order valence-electron chi connectivity index (χ4n) is 11.6. The van der Waals surface area contributed by atoms with Gasteiger partial charge in [-0.2, -0.15) is 0 Å². The smallest absolute Gasteiger partial charge is 0.462 e. The van der Waals surface area contributed by atoms with Crippen molar-refractivity contribution in [1.82, 2.24) is 0 Å². The first-order valence-electron chi connectivity index (χ1n) is 39.3. The number of carbonyl (C=O) groups is 4. The van der Waals surface area contributed by atoms with E-state index in [0.717, 1.165) is 108 Å². The zero-order valence-electron chi connectivity index (χ0n) is 62.1. The molecule has 0 fully saturated rings. The van der Waals surface area contributed by atoms with Crippen LogP contribution in [0.15, 0.2) is 0 Å². The van der Waals surface area contributed by atoms with Gasteiger partial charge in [-0.25, -0.2) is 9.13 Å². The van der Waals surface area contributed by atoms with Crippen molar-refractivity contribution in [2.45, 2.75) is 407 Å². The van der Waals surface area contributed by atoms with Gasteiger partial charge < -0.3 is 33.8 Å². The van der Waals surface area contributed by atoms with Gasteiger partial charge in [0, 0.05) is 25.7 Å². The Hall–Kier alpha value is -1.94. The van der Waals surface area contributed by atoms with E-state index in [1.807, 2.05) is 0 Å². The predicted molar refractivity (Wildman–Crippen MR) is 386 cm³/mol. The molecule has 0 radical (unpaired) electrons. The summed E-state index contributed by atoms with van der Waals surface area (Å²) >= 11 is 0. The Kier molecular flexibility index (Phi) is 65.2. The van der Waals surface area contributed by atoms with Crippen molar-refractivity contribution in [3.05, 3.63) is 0 Å². The highest BCUT2D eigenvalue weighted by Crippen LogP contribution is 2.45. The second kappa shape index (κ2) is 66.6. The van der Waals surface area contributed by atoms with Crippen molar-refractivity contribution >= 4 is 39.5 Å². The maximum Gasteiger partial charge on any atom is 0.472 e. The standard InChI is InChI=1S/C76H148O17P2/c1-8-9-10-11-12-13-14-15-16-17-18-19-20-21-22-29-38-45-52-59-75(80)92-71(63-86-73(78)57-50-43-36-28-24-23-26-33-40-47-54-67(2)3)65-90-94(82,83)88-61-70(77)62-89-95(84,85)91-66-72(64-87-74(79)58-51-44-37-32-31-35-42-49-56-69(6)7)93-76(81)60-53-46-39-30-25-27-34-41-48-55-68(4)5/h67-72,77H,8-66H2,1-7H3,(H,82,83)(H,84,85)/t70-,71-,72-/m1/s1. The van der Waals surface area contributed by atoms with Crippen LogP contribution in [-0.4, -0.2) is 96.7 Å². The summed E-state index contributed by atoms with van der Waals surface area (Å²) in [5.41, 5.74) is 0. The van der Waals surface area contributed by atoms with Gasteiger partial charge >= 0.3 is 39.5 Å². The van der Waals surface area contributed by atoms with E-state index in [1.165, 1.54) is 199 Å². The number of rotatable bonds is 74. The van der Waals surface area contributed by atoms with E-state index in [-0.39, 0.29) is 25.7 Å². The number of phosphoric ester groups is 2. The van der Waals surface area contributed by atoms with Crippen molar-refractivity contribution in [2.75, 3.05) is 39.6 Å². The van der Waals surface area contributed by atoms with Gasteiger partial charge in [-0.1, -0.05) is 337 Å². The molecule has 0 aliphatic heterocycles. The minimum Gasteiger partial charge on any atom is -0.462 e. The van der Waals surface area contributed by atoms with Crippen LogP contribution in [-0.2, 0) is 65.4 Å². The fourth-order valence-corrected chi connectivity index (χ4v) is 13.2. The molecule has 0 saturated carbocycles. The van der Waals surface area contributed by atoms with Crippen molar-refractivity contribution in [3.63, 3.8) is 0 Å². The van der Waals surface area contributed by atoms with Gasteiger partial charge in [0.1, 0.15) is 19.3 Å². The first-order chi connectivity index (χ1) is 45.7. The summed E-state index contributed by atoms with van der Waals surface area (Å²) in [6.45, 7) is 11.8. The van der Waals surface area contributed by atoms with Gasteiger partial charge in [-0.05, 0) is 43.4 Å². The maximum absolute atomic E-state index is 13.1. The van der Waals surface area contributed by atoms with Crippen LogP contribution < -0.4 is 0 Å². The summed E-state index contributed by atoms with van der Waals surface area (Å²) in [5, 5.41) is 10.6. The number of unbranched alkanes of at least 4 members (excludes halogenated alkanes) is 42. The minimum atomic E-state index is -4.96. The van der Waals surface area contributed by atoms with Gasteiger partial charge in [0.2, 0.25) is 0 Å². The highest BCUT2D eigenvalue weighted by atomic mass is 31.2. The van der Waals surface area contributed by atoms with Crippen molar-refractivity contribution in [2.24, 2.45) is 17.8 Å². The Morgan fingerprint density at radius 3 is 0.716 bits per heavy atom. The molecule has 0 heterocycles. The SMILES string of the molecule is CCCCCCCCCCCCCCCCCCCCCC(=O)O[C@H](COC(=O)CCCCCCCCCCCCC(C)C)COP(=O)(O)OC[C@@H](O)COP(=O)(O)OC[C@@H](COC(=O)CCCCCCCCCCC(C)C)OC(=O)CCCCCCCCCCCC(C)C. The second-order valence-electron chi connectivity index (χ2n) is 28.8. The fraction of sp³-hybridized carbons (Fsp3) is 0.947. The van der Waals surface area contributed by atoms with Gasteiger partial charge in [0.15, 0.2) is 12.2 Å². The van der Waals surface area contributed by atoms with Crippen molar-refractivity contribution < 1.29 is 80.2 Å².